The number of benzene rings is 5. The molecule has 0 aliphatic rings. The van der Waals surface area contributed by atoms with Gasteiger partial charge in [-0.05, 0) is 89.0 Å². The fourth-order valence-electron chi connectivity index (χ4n) is 4.56. The van der Waals surface area contributed by atoms with Crippen LogP contribution in [0.4, 0.5) is 26.3 Å². The summed E-state index contributed by atoms with van der Waals surface area (Å²) in [4.78, 5) is 0. The lowest BCUT2D eigenvalue weighted by atomic mass is 9.96. The molecule has 0 radical (unpaired) electrons. The molecule has 0 saturated heterocycles. The molecule has 0 bridgehead atoms. The number of halogens is 6. The quantitative estimate of drug-likeness (QED) is 0.151. The first-order chi connectivity index (χ1) is 18.7. The van der Waals surface area contributed by atoms with Gasteiger partial charge < -0.3 is 0 Å². The molecular weight excluding hydrogens is 510 g/mol. The smallest absolute Gasteiger partial charge is 0.194 e. The van der Waals surface area contributed by atoms with Crippen LogP contribution in [-0.4, -0.2) is 0 Å². The summed E-state index contributed by atoms with van der Waals surface area (Å²) in [6.45, 7) is 1.82. The molecule has 196 valence electrons. The lowest BCUT2D eigenvalue weighted by Crippen LogP contribution is -1.98. The van der Waals surface area contributed by atoms with Crippen LogP contribution in [0.25, 0.3) is 33.4 Å². The van der Waals surface area contributed by atoms with Gasteiger partial charge in [-0.25, -0.2) is 26.3 Å². The Morgan fingerprint density at radius 2 is 1.00 bits per heavy atom. The van der Waals surface area contributed by atoms with Crippen molar-refractivity contribution in [1.82, 2.24) is 0 Å². The van der Waals surface area contributed by atoms with Crippen molar-refractivity contribution < 1.29 is 26.3 Å². The van der Waals surface area contributed by atoms with Gasteiger partial charge in [0.2, 0.25) is 0 Å². The van der Waals surface area contributed by atoms with Crippen LogP contribution in [0.1, 0.15) is 16.7 Å². The maximum atomic E-state index is 14.9. The van der Waals surface area contributed by atoms with Crippen LogP contribution < -0.4 is 0 Å². The van der Waals surface area contributed by atoms with E-state index in [0.717, 1.165) is 28.8 Å². The van der Waals surface area contributed by atoms with Crippen molar-refractivity contribution in [3.05, 3.63) is 143 Å². The Labute approximate surface area is 222 Å². The van der Waals surface area contributed by atoms with E-state index < -0.39 is 29.1 Å². The molecule has 0 atom stereocenters. The number of aryl methyl sites for hydroxylation is 3. The first kappa shape index (κ1) is 26.3. The van der Waals surface area contributed by atoms with Crippen molar-refractivity contribution in [3.63, 3.8) is 0 Å². The summed E-state index contributed by atoms with van der Waals surface area (Å²) in [7, 11) is 0. The zero-order valence-corrected chi connectivity index (χ0v) is 20.8. The molecule has 0 nitrogen and oxygen atoms in total. The zero-order chi connectivity index (χ0) is 27.7. The van der Waals surface area contributed by atoms with Crippen LogP contribution in [0.5, 0.6) is 0 Å². The fraction of sp³-hybridized carbons (Fsp3) is 0.0909. The van der Waals surface area contributed by atoms with Gasteiger partial charge in [-0.2, -0.15) is 0 Å². The topological polar surface area (TPSA) is 0 Å². The van der Waals surface area contributed by atoms with Crippen molar-refractivity contribution in [2.75, 3.05) is 0 Å². The van der Waals surface area contributed by atoms with Crippen molar-refractivity contribution in [1.29, 1.82) is 0 Å². The van der Waals surface area contributed by atoms with Gasteiger partial charge in [0, 0.05) is 11.1 Å². The molecule has 0 unspecified atom stereocenters. The first-order valence-electron chi connectivity index (χ1n) is 12.3. The third-order valence-corrected chi connectivity index (χ3v) is 6.72. The third-order valence-electron chi connectivity index (χ3n) is 6.72. The van der Waals surface area contributed by atoms with E-state index in [1.165, 1.54) is 24.3 Å². The number of rotatable bonds is 6. The molecule has 0 aliphatic heterocycles. The minimum Gasteiger partial charge on any atom is -0.207 e. The van der Waals surface area contributed by atoms with Gasteiger partial charge in [0.15, 0.2) is 17.5 Å². The third kappa shape index (κ3) is 5.60. The Balaban J connectivity index is 1.28. The highest BCUT2D eigenvalue weighted by molar-refractivity contribution is 5.71. The molecule has 5 aromatic rings. The molecule has 0 heterocycles. The van der Waals surface area contributed by atoms with Gasteiger partial charge in [0.05, 0.1) is 0 Å². The molecule has 0 saturated carbocycles. The second kappa shape index (κ2) is 10.8. The van der Waals surface area contributed by atoms with E-state index in [2.05, 4.69) is 0 Å². The van der Waals surface area contributed by atoms with Gasteiger partial charge in [-0.15, -0.1) is 0 Å². The van der Waals surface area contributed by atoms with Crippen LogP contribution in [0.3, 0.4) is 0 Å². The van der Waals surface area contributed by atoms with Crippen molar-refractivity contribution in [2.24, 2.45) is 0 Å². The van der Waals surface area contributed by atoms with Crippen molar-refractivity contribution in [3.8, 4) is 33.4 Å². The number of hydrogen-bond acceptors (Lipinski definition) is 0. The van der Waals surface area contributed by atoms with E-state index in [1.807, 2.05) is 25.1 Å². The number of hydrogen-bond donors (Lipinski definition) is 0. The van der Waals surface area contributed by atoms with E-state index in [0.29, 0.717) is 35.1 Å². The monoisotopic (exact) mass is 532 g/mol. The SMILES string of the molecule is Cc1ccc(-c2ccc(-c3ccc(CCc4ccc(-c5cc(F)c(F)c(F)c5)c(F)c4)c(F)c3)cc2)c(F)c1. The Morgan fingerprint density at radius 1 is 0.436 bits per heavy atom. The lowest BCUT2D eigenvalue weighted by Gasteiger charge is -2.10. The maximum Gasteiger partial charge on any atom is 0.194 e. The highest BCUT2D eigenvalue weighted by Gasteiger charge is 2.15. The first-order valence-corrected chi connectivity index (χ1v) is 12.3. The average Bonchev–Trinajstić information content (AvgIpc) is 2.91. The Bertz CT molecular complexity index is 1650. The van der Waals surface area contributed by atoms with Crippen LogP contribution in [-0.2, 0) is 12.8 Å². The largest absolute Gasteiger partial charge is 0.207 e. The second-order valence-corrected chi connectivity index (χ2v) is 9.43. The fourth-order valence-corrected chi connectivity index (χ4v) is 4.56. The van der Waals surface area contributed by atoms with E-state index in [-0.39, 0.29) is 16.9 Å². The highest BCUT2D eigenvalue weighted by atomic mass is 19.2. The normalized spacial score (nSPS) is 11.2. The minimum absolute atomic E-state index is 0.0665. The predicted molar refractivity (Wildman–Crippen MR) is 141 cm³/mol. The Morgan fingerprint density at radius 3 is 1.64 bits per heavy atom. The van der Waals surface area contributed by atoms with Gasteiger partial charge in [0.1, 0.15) is 17.5 Å². The standard InChI is InChI=1S/C33H22F6/c1-19-2-12-26(29(35)14-19)22-8-6-21(7-9-22)24-11-10-23(28(34)16-24)5-3-20-4-13-27(30(36)15-20)25-17-31(37)33(39)32(38)18-25/h2,4,6-18H,3,5H2,1H3. The van der Waals surface area contributed by atoms with Gasteiger partial charge in [0.25, 0.3) is 0 Å². The summed E-state index contributed by atoms with van der Waals surface area (Å²) < 4.78 is 84.2. The summed E-state index contributed by atoms with van der Waals surface area (Å²) in [6, 6.07) is 22.8. The van der Waals surface area contributed by atoms with E-state index >= 15 is 0 Å². The summed E-state index contributed by atoms with van der Waals surface area (Å²) in [6.07, 6.45) is 0.632. The summed E-state index contributed by atoms with van der Waals surface area (Å²) in [5, 5.41) is 0. The average molecular weight is 533 g/mol. The van der Waals surface area contributed by atoms with Crippen molar-refractivity contribution >= 4 is 0 Å². The molecule has 0 aliphatic carbocycles. The molecule has 5 rings (SSSR count). The van der Waals surface area contributed by atoms with E-state index in [9.17, 15) is 26.3 Å². The van der Waals surface area contributed by atoms with Crippen LogP contribution in [0.15, 0.2) is 91.0 Å². The highest BCUT2D eigenvalue weighted by Crippen LogP contribution is 2.30. The minimum atomic E-state index is -1.61. The molecule has 0 spiro atoms. The summed E-state index contributed by atoms with van der Waals surface area (Å²) in [5.74, 6) is -5.84. The molecular formula is C33H22F6. The Hall–Kier alpha value is -4.32. The molecule has 0 aromatic heterocycles. The lowest BCUT2D eigenvalue weighted by molar-refractivity contribution is 0.447. The van der Waals surface area contributed by atoms with E-state index in [4.69, 9.17) is 0 Å². The molecule has 0 amide bonds. The Kier molecular flexibility index (Phi) is 7.29. The van der Waals surface area contributed by atoms with Gasteiger partial charge >= 0.3 is 0 Å². The van der Waals surface area contributed by atoms with Gasteiger partial charge in [-0.3, -0.25) is 0 Å². The molecule has 0 fully saturated rings. The van der Waals surface area contributed by atoms with Crippen molar-refractivity contribution in [2.45, 2.75) is 19.8 Å². The zero-order valence-electron chi connectivity index (χ0n) is 20.8. The van der Waals surface area contributed by atoms with E-state index in [1.54, 1.807) is 36.4 Å². The second-order valence-electron chi connectivity index (χ2n) is 9.43. The summed E-state index contributed by atoms with van der Waals surface area (Å²) in [5.41, 5.74) is 4.34. The molecule has 5 aromatic carbocycles. The maximum absolute atomic E-state index is 14.9. The summed E-state index contributed by atoms with van der Waals surface area (Å²) >= 11 is 0. The molecule has 39 heavy (non-hydrogen) atoms. The van der Waals surface area contributed by atoms with Crippen LogP contribution in [0, 0.1) is 41.8 Å². The predicted octanol–water partition coefficient (Wildman–Crippen LogP) is 9.62. The van der Waals surface area contributed by atoms with Crippen LogP contribution in [0.2, 0.25) is 0 Å². The van der Waals surface area contributed by atoms with Crippen LogP contribution >= 0.6 is 0 Å². The molecule has 6 heteroatoms. The molecule has 0 N–H and O–H groups in total. The van der Waals surface area contributed by atoms with Gasteiger partial charge in [-0.1, -0.05) is 60.7 Å².